The third-order valence-corrected chi connectivity index (χ3v) is 1.51. The second kappa shape index (κ2) is 4.26. The number of nitrogens with one attached hydrogen (secondary N) is 4. The van der Waals surface area contributed by atoms with Crippen LogP contribution in [0.15, 0.2) is 6.20 Å². The minimum atomic E-state index is -0.362. The van der Waals surface area contributed by atoms with Crippen molar-refractivity contribution in [3.8, 4) is 0 Å². The predicted molar refractivity (Wildman–Crippen MR) is 52.3 cm³/mol. The van der Waals surface area contributed by atoms with Crippen LogP contribution < -0.4 is 16.4 Å². The van der Waals surface area contributed by atoms with Crippen LogP contribution in [0.1, 0.15) is 12.5 Å². The highest BCUT2D eigenvalue weighted by atomic mass is 16.2. The van der Waals surface area contributed by atoms with Crippen molar-refractivity contribution in [2.75, 3.05) is 11.9 Å². The van der Waals surface area contributed by atoms with Crippen molar-refractivity contribution in [2.24, 2.45) is 5.73 Å². The summed E-state index contributed by atoms with van der Waals surface area (Å²) in [6.07, 6.45) is 1.38. The first kappa shape index (κ1) is 10.0. The van der Waals surface area contributed by atoms with Crippen LogP contribution in [0.3, 0.4) is 0 Å². The number of nitrogen functional groups attached to an aromatic ring is 1. The summed E-state index contributed by atoms with van der Waals surface area (Å²) in [6.45, 7) is 2.33. The van der Waals surface area contributed by atoms with E-state index in [1.807, 2.05) is 0 Å². The third-order valence-electron chi connectivity index (χ3n) is 1.51. The Hall–Kier alpha value is -2.05. The zero-order valence-electron chi connectivity index (χ0n) is 7.72. The van der Waals surface area contributed by atoms with Gasteiger partial charge in [0.15, 0.2) is 0 Å². The van der Waals surface area contributed by atoms with Crippen molar-refractivity contribution < 1.29 is 4.79 Å². The molecule has 0 aliphatic heterocycles. The molecule has 0 bridgehead atoms. The highest BCUT2D eigenvalue weighted by Gasteiger charge is 2.09. The molecule has 0 fully saturated rings. The minimum absolute atomic E-state index is 0.148. The Morgan fingerprint density at radius 3 is 3.07 bits per heavy atom. The number of hydrogen-bond acceptors (Lipinski definition) is 3. The third kappa shape index (κ3) is 2.22. The number of urea groups is 1. The Bertz CT molecular complexity index is 344. The molecule has 1 aromatic heterocycles. The molecule has 1 heterocycles. The fraction of sp³-hybridized carbons (Fsp3) is 0.286. The van der Waals surface area contributed by atoms with Crippen molar-refractivity contribution in [1.82, 2.24) is 15.5 Å². The monoisotopic (exact) mass is 196 g/mol. The molecule has 0 saturated heterocycles. The summed E-state index contributed by atoms with van der Waals surface area (Å²) in [5.41, 5.74) is 5.63. The zero-order chi connectivity index (χ0) is 10.6. The Kier molecular flexibility index (Phi) is 3.05. The molecule has 1 rings (SSSR count). The zero-order valence-corrected chi connectivity index (χ0v) is 7.72. The summed E-state index contributed by atoms with van der Waals surface area (Å²) < 4.78 is 0. The van der Waals surface area contributed by atoms with Crippen molar-refractivity contribution in [3.05, 3.63) is 11.8 Å². The second-order valence-corrected chi connectivity index (χ2v) is 2.56. The summed E-state index contributed by atoms with van der Waals surface area (Å²) in [6, 6.07) is -0.362. The van der Waals surface area contributed by atoms with Gasteiger partial charge < -0.3 is 11.1 Å². The van der Waals surface area contributed by atoms with Gasteiger partial charge in [0.25, 0.3) is 0 Å². The molecule has 0 aliphatic carbocycles. The molecule has 7 nitrogen and oxygen atoms in total. The first-order valence-electron chi connectivity index (χ1n) is 4.07. The molecule has 0 aromatic carbocycles. The number of carbonyl (C=O) groups excluding carboxylic acids is 1. The van der Waals surface area contributed by atoms with Crippen molar-refractivity contribution in [2.45, 2.75) is 6.92 Å². The second-order valence-electron chi connectivity index (χ2n) is 2.56. The lowest BCUT2D eigenvalue weighted by molar-refractivity contribution is 0.252. The molecule has 76 valence electrons. The quantitative estimate of drug-likeness (QED) is 0.341. The number of amidine groups is 1. The fourth-order valence-electron chi connectivity index (χ4n) is 0.904. The predicted octanol–water partition coefficient (Wildman–Crippen LogP) is -0.165. The van der Waals surface area contributed by atoms with Crippen LogP contribution in [0.4, 0.5) is 10.6 Å². The standard InChI is InChI=1S/C7H12N6O/c1-2-10-7(14)12-6-4(5(8)9)3-11-13-6/h3H,2H2,1H3,(H3,8,9)(H3,10,11,12,13,14). The smallest absolute Gasteiger partial charge is 0.320 e. The number of aromatic nitrogens is 2. The number of anilines is 1. The van der Waals surface area contributed by atoms with E-state index in [2.05, 4.69) is 20.8 Å². The first-order valence-corrected chi connectivity index (χ1v) is 4.07. The van der Waals surface area contributed by atoms with Gasteiger partial charge in [-0.2, -0.15) is 5.10 Å². The number of H-pyrrole nitrogens is 1. The SMILES string of the molecule is CCNC(=O)Nc1[nH]ncc1C(=N)N. The van der Waals surface area contributed by atoms with Gasteiger partial charge in [-0.1, -0.05) is 0 Å². The molecule has 14 heavy (non-hydrogen) atoms. The Labute approximate surface area is 80.6 Å². The lowest BCUT2D eigenvalue weighted by atomic mass is 10.3. The van der Waals surface area contributed by atoms with E-state index in [-0.39, 0.29) is 11.9 Å². The molecular formula is C7H12N6O. The maximum absolute atomic E-state index is 11.1. The van der Waals surface area contributed by atoms with E-state index in [1.54, 1.807) is 6.92 Å². The molecule has 0 saturated carbocycles. The van der Waals surface area contributed by atoms with Crippen molar-refractivity contribution in [3.63, 3.8) is 0 Å². The minimum Gasteiger partial charge on any atom is -0.384 e. The molecule has 0 spiro atoms. The van der Waals surface area contributed by atoms with Crippen LogP contribution in [0.2, 0.25) is 0 Å². The van der Waals surface area contributed by atoms with E-state index in [0.717, 1.165) is 0 Å². The Balaban J connectivity index is 2.71. The van der Waals surface area contributed by atoms with Crippen LogP contribution in [0, 0.1) is 5.41 Å². The van der Waals surface area contributed by atoms with Gasteiger partial charge in [0, 0.05) is 6.54 Å². The summed E-state index contributed by atoms with van der Waals surface area (Å²) in [4.78, 5) is 11.1. The molecule has 0 aliphatic rings. The summed E-state index contributed by atoms with van der Waals surface area (Å²) in [5, 5.41) is 18.4. The lowest BCUT2D eigenvalue weighted by Gasteiger charge is -2.04. The molecule has 7 heteroatoms. The molecule has 6 N–H and O–H groups in total. The van der Waals surface area contributed by atoms with Gasteiger partial charge in [0.05, 0.1) is 11.8 Å². The van der Waals surface area contributed by atoms with Crippen molar-refractivity contribution >= 4 is 17.7 Å². The first-order chi connectivity index (χ1) is 6.65. The topological polar surface area (TPSA) is 120 Å². The molecular weight excluding hydrogens is 184 g/mol. The van der Waals surface area contributed by atoms with E-state index in [9.17, 15) is 4.79 Å². The maximum atomic E-state index is 11.1. The molecule has 0 unspecified atom stereocenters. The normalized spacial score (nSPS) is 9.50. The Morgan fingerprint density at radius 2 is 2.50 bits per heavy atom. The van der Waals surface area contributed by atoms with Gasteiger partial charge in [0.2, 0.25) is 0 Å². The van der Waals surface area contributed by atoms with Gasteiger partial charge in [-0.25, -0.2) is 4.79 Å². The van der Waals surface area contributed by atoms with Gasteiger partial charge in [-0.15, -0.1) is 0 Å². The van der Waals surface area contributed by atoms with Crippen LogP contribution in [-0.4, -0.2) is 28.6 Å². The molecule has 0 atom stereocenters. The number of nitrogens with zero attached hydrogens (tertiary/aromatic N) is 1. The van der Waals surface area contributed by atoms with Gasteiger partial charge in [0.1, 0.15) is 11.7 Å². The van der Waals surface area contributed by atoms with E-state index in [1.165, 1.54) is 6.20 Å². The molecule has 1 aromatic rings. The summed E-state index contributed by atoms with van der Waals surface area (Å²) in [5.74, 6) is 0.175. The number of hydrogen-bond donors (Lipinski definition) is 5. The van der Waals surface area contributed by atoms with Gasteiger partial charge in [-0.3, -0.25) is 15.8 Å². The molecule has 2 amide bonds. The number of amides is 2. The highest BCUT2D eigenvalue weighted by molar-refractivity contribution is 6.02. The van der Waals surface area contributed by atoms with Gasteiger partial charge >= 0.3 is 6.03 Å². The van der Waals surface area contributed by atoms with E-state index in [0.29, 0.717) is 17.9 Å². The largest absolute Gasteiger partial charge is 0.384 e. The molecule has 0 radical (unpaired) electrons. The Morgan fingerprint density at radius 1 is 1.79 bits per heavy atom. The van der Waals surface area contributed by atoms with Crippen LogP contribution in [-0.2, 0) is 0 Å². The highest BCUT2D eigenvalue weighted by Crippen LogP contribution is 2.08. The van der Waals surface area contributed by atoms with Crippen LogP contribution >= 0.6 is 0 Å². The van der Waals surface area contributed by atoms with Crippen LogP contribution in [0.25, 0.3) is 0 Å². The number of carbonyl (C=O) groups is 1. The lowest BCUT2D eigenvalue weighted by Crippen LogP contribution is -2.29. The number of rotatable bonds is 3. The fourth-order valence-corrected chi connectivity index (χ4v) is 0.904. The number of aromatic amines is 1. The summed E-state index contributed by atoms with van der Waals surface area (Å²) >= 11 is 0. The maximum Gasteiger partial charge on any atom is 0.320 e. The van der Waals surface area contributed by atoms with Crippen molar-refractivity contribution in [1.29, 1.82) is 5.41 Å². The summed E-state index contributed by atoms with van der Waals surface area (Å²) in [7, 11) is 0. The number of nitrogens with two attached hydrogens (primary N) is 1. The average molecular weight is 196 g/mol. The van der Waals surface area contributed by atoms with E-state index >= 15 is 0 Å². The van der Waals surface area contributed by atoms with Gasteiger partial charge in [-0.05, 0) is 6.92 Å². The average Bonchev–Trinajstić information content (AvgIpc) is 2.52. The van der Waals surface area contributed by atoms with Crippen LogP contribution in [0.5, 0.6) is 0 Å². The van der Waals surface area contributed by atoms with E-state index in [4.69, 9.17) is 11.1 Å². The van der Waals surface area contributed by atoms with E-state index < -0.39 is 0 Å².